The Morgan fingerprint density at radius 2 is 2.38 bits per heavy atom. The number of aromatic nitrogens is 3. The number of hydrogen-bond donors (Lipinski definition) is 2. The van der Waals surface area contributed by atoms with Gasteiger partial charge in [-0.3, -0.25) is 4.99 Å². The molecule has 1 aromatic heterocycles. The van der Waals surface area contributed by atoms with Crippen molar-refractivity contribution in [2.75, 3.05) is 18.4 Å². The molecule has 2 N–H and O–H groups in total. The molecule has 3 rings (SSSR count). The van der Waals surface area contributed by atoms with Gasteiger partial charge in [0.15, 0.2) is 5.96 Å². The number of rotatable bonds is 1. The van der Waals surface area contributed by atoms with E-state index in [1.54, 1.807) is 4.68 Å². The summed E-state index contributed by atoms with van der Waals surface area (Å²) in [5.74, 6) is 0.814. The minimum Gasteiger partial charge on any atom is -0.354 e. The molecule has 0 bridgehead atoms. The molecular weight excluding hydrogens is 204 g/mol. The first kappa shape index (κ1) is 9.14. The number of nitrogens with one attached hydrogen (secondary N) is 2. The third-order valence-corrected chi connectivity index (χ3v) is 2.55. The summed E-state index contributed by atoms with van der Waals surface area (Å²) < 4.78 is 1.76. The van der Waals surface area contributed by atoms with Crippen LogP contribution in [0, 0.1) is 0 Å². The summed E-state index contributed by atoms with van der Waals surface area (Å²) in [6.07, 6.45) is 0. The molecule has 0 saturated carbocycles. The number of anilines is 1. The van der Waals surface area contributed by atoms with Gasteiger partial charge in [-0.2, -0.15) is 0 Å². The quantitative estimate of drug-likeness (QED) is 0.721. The number of para-hydroxylation sites is 1. The molecule has 6 heteroatoms. The molecule has 0 radical (unpaired) electrons. The first-order valence-corrected chi connectivity index (χ1v) is 5.18. The van der Waals surface area contributed by atoms with E-state index in [4.69, 9.17) is 0 Å². The van der Waals surface area contributed by atoms with Crippen LogP contribution in [0.2, 0.25) is 0 Å². The van der Waals surface area contributed by atoms with E-state index in [9.17, 15) is 0 Å². The molecule has 0 atom stereocenters. The van der Waals surface area contributed by atoms with Gasteiger partial charge in [-0.15, -0.1) is 5.10 Å². The van der Waals surface area contributed by atoms with Gasteiger partial charge in [0.05, 0.1) is 12.2 Å². The normalized spacial score (nSPS) is 14.9. The molecular formula is C10H12N6. The number of fused-ring (bicyclic) bond motifs is 1. The van der Waals surface area contributed by atoms with Crippen LogP contribution in [-0.2, 0) is 7.05 Å². The van der Waals surface area contributed by atoms with Gasteiger partial charge >= 0.3 is 0 Å². The highest BCUT2D eigenvalue weighted by Gasteiger charge is 2.10. The second-order valence-corrected chi connectivity index (χ2v) is 3.67. The Bertz CT molecular complexity index is 555. The maximum absolute atomic E-state index is 4.30. The predicted molar refractivity (Wildman–Crippen MR) is 62.4 cm³/mol. The summed E-state index contributed by atoms with van der Waals surface area (Å²) in [7, 11) is 1.88. The lowest BCUT2D eigenvalue weighted by molar-refractivity contribution is 0.737. The molecule has 0 aliphatic carbocycles. The molecule has 0 fully saturated rings. The van der Waals surface area contributed by atoms with Crippen molar-refractivity contribution >= 4 is 22.7 Å². The Morgan fingerprint density at radius 3 is 3.19 bits per heavy atom. The van der Waals surface area contributed by atoms with Crippen molar-refractivity contribution in [1.82, 2.24) is 20.3 Å². The summed E-state index contributed by atoms with van der Waals surface area (Å²) in [6.45, 7) is 1.71. The lowest BCUT2D eigenvalue weighted by atomic mass is 10.2. The smallest absolute Gasteiger partial charge is 0.195 e. The zero-order valence-electron chi connectivity index (χ0n) is 8.94. The number of benzene rings is 1. The summed E-state index contributed by atoms with van der Waals surface area (Å²) in [5, 5.41) is 14.5. The fraction of sp³-hybridized carbons (Fsp3) is 0.300. The Labute approximate surface area is 92.4 Å². The minimum absolute atomic E-state index is 0.814. The average molecular weight is 216 g/mol. The average Bonchev–Trinajstić information content (AvgIpc) is 2.90. The van der Waals surface area contributed by atoms with Gasteiger partial charge < -0.3 is 10.6 Å². The summed E-state index contributed by atoms with van der Waals surface area (Å²) in [6, 6.07) is 5.89. The van der Waals surface area contributed by atoms with Gasteiger partial charge in [0.2, 0.25) is 0 Å². The van der Waals surface area contributed by atoms with Crippen LogP contribution in [0.15, 0.2) is 23.2 Å². The molecule has 6 nitrogen and oxygen atoms in total. The predicted octanol–water partition coefficient (Wildman–Crippen LogP) is 0.339. The molecule has 1 aliphatic rings. The maximum atomic E-state index is 4.30. The molecule has 0 amide bonds. The zero-order valence-corrected chi connectivity index (χ0v) is 8.94. The van der Waals surface area contributed by atoms with Crippen molar-refractivity contribution in [1.29, 1.82) is 0 Å². The molecule has 2 aromatic rings. The number of nitrogens with zero attached hydrogens (tertiary/aromatic N) is 4. The SMILES string of the molecule is Cn1nnc2cccc(NC3=NCCN3)c21. The van der Waals surface area contributed by atoms with E-state index < -0.39 is 0 Å². The highest BCUT2D eigenvalue weighted by atomic mass is 15.4. The van der Waals surface area contributed by atoms with E-state index >= 15 is 0 Å². The highest BCUT2D eigenvalue weighted by Crippen LogP contribution is 2.20. The van der Waals surface area contributed by atoms with Crippen LogP contribution in [0.4, 0.5) is 5.69 Å². The highest BCUT2D eigenvalue weighted by molar-refractivity contribution is 6.01. The van der Waals surface area contributed by atoms with Crippen LogP contribution in [-0.4, -0.2) is 34.0 Å². The van der Waals surface area contributed by atoms with E-state index in [0.29, 0.717) is 0 Å². The summed E-state index contributed by atoms with van der Waals surface area (Å²) in [5.41, 5.74) is 2.84. The fourth-order valence-electron chi connectivity index (χ4n) is 1.82. The van der Waals surface area contributed by atoms with Gasteiger partial charge in [0.1, 0.15) is 11.0 Å². The summed E-state index contributed by atoms with van der Waals surface area (Å²) >= 11 is 0. The third-order valence-electron chi connectivity index (χ3n) is 2.55. The van der Waals surface area contributed by atoms with Crippen LogP contribution < -0.4 is 10.6 Å². The van der Waals surface area contributed by atoms with E-state index in [1.165, 1.54) is 0 Å². The van der Waals surface area contributed by atoms with Crippen LogP contribution in [0.1, 0.15) is 0 Å². The largest absolute Gasteiger partial charge is 0.354 e. The minimum atomic E-state index is 0.814. The lowest BCUT2D eigenvalue weighted by Gasteiger charge is -2.07. The topological polar surface area (TPSA) is 67.1 Å². The maximum Gasteiger partial charge on any atom is 0.195 e. The second-order valence-electron chi connectivity index (χ2n) is 3.67. The number of hydrogen-bond acceptors (Lipinski definition) is 5. The number of aryl methyl sites for hydroxylation is 1. The van der Waals surface area contributed by atoms with Gasteiger partial charge in [0.25, 0.3) is 0 Å². The first-order chi connectivity index (χ1) is 7.84. The molecule has 0 unspecified atom stereocenters. The molecule has 0 spiro atoms. The number of aliphatic imine (C=N–C) groups is 1. The molecule has 82 valence electrons. The standard InChI is InChI=1S/C10H12N6/c1-16-9-7(13-10-11-5-6-12-10)3-2-4-8(9)14-15-16/h2-4H,5-6H2,1H3,(H2,11,12,13). The monoisotopic (exact) mass is 216 g/mol. The zero-order chi connectivity index (χ0) is 11.0. The molecule has 2 heterocycles. The Kier molecular flexibility index (Phi) is 1.99. The molecule has 1 aliphatic heterocycles. The van der Waals surface area contributed by atoms with Crippen molar-refractivity contribution in [3.63, 3.8) is 0 Å². The number of guanidine groups is 1. The van der Waals surface area contributed by atoms with E-state index in [2.05, 4.69) is 25.9 Å². The van der Waals surface area contributed by atoms with Crippen molar-refractivity contribution in [3.8, 4) is 0 Å². The Hall–Kier alpha value is -2.11. The van der Waals surface area contributed by atoms with Crippen LogP contribution in [0.5, 0.6) is 0 Å². The molecule has 1 aromatic carbocycles. The van der Waals surface area contributed by atoms with Gasteiger partial charge in [0, 0.05) is 13.6 Å². The van der Waals surface area contributed by atoms with Crippen molar-refractivity contribution in [2.24, 2.45) is 12.0 Å². The van der Waals surface area contributed by atoms with Gasteiger partial charge in [-0.1, -0.05) is 11.3 Å². The Morgan fingerprint density at radius 1 is 1.44 bits per heavy atom. The lowest BCUT2D eigenvalue weighted by Crippen LogP contribution is -2.26. The third kappa shape index (κ3) is 1.39. The molecule has 16 heavy (non-hydrogen) atoms. The van der Waals surface area contributed by atoms with Crippen molar-refractivity contribution in [3.05, 3.63) is 18.2 Å². The van der Waals surface area contributed by atoms with E-state index in [-0.39, 0.29) is 0 Å². The van der Waals surface area contributed by atoms with Gasteiger partial charge in [-0.05, 0) is 12.1 Å². The van der Waals surface area contributed by atoms with Crippen LogP contribution in [0.25, 0.3) is 11.0 Å². The first-order valence-electron chi connectivity index (χ1n) is 5.18. The van der Waals surface area contributed by atoms with Gasteiger partial charge in [-0.25, -0.2) is 4.68 Å². The molecule has 0 saturated heterocycles. The Balaban J connectivity index is 2.05. The fourth-order valence-corrected chi connectivity index (χ4v) is 1.82. The second kappa shape index (κ2) is 3.48. The summed E-state index contributed by atoms with van der Waals surface area (Å²) in [4.78, 5) is 4.30. The van der Waals surface area contributed by atoms with E-state index in [1.807, 2.05) is 25.2 Å². The van der Waals surface area contributed by atoms with Crippen LogP contribution >= 0.6 is 0 Å². The van der Waals surface area contributed by atoms with E-state index in [0.717, 1.165) is 35.8 Å². The van der Waals surface area contributed by atoms with Crippen molar-refractivity contribution in [2.45, 2.75) is 0 Å². The van der Waals surface area contributed by atoms with Crippen molar-refractivity contribution < 1.29 is 0 Å². The van der Waals surface area contributed by atoms with Crippen LogP contribution in [0.3, 0.4) is 0 Å².